The molecule has 0 aliphatic carbocycles. The predicted octanol–water partition coefficient (Wildman–Crippen LogP) is 5.00. The highest BCUT2D eigenvalue weighted by Gasteiger charge is 2.15. The first-order chi connectivity index (χ1) is 18.6. The van der Waals surface area contributed by atoms with E-state index in [4.69, 9.17) is 9.15 Å². The molecule has 0 bridgehead atoms. The number of tetrazole rings is 1. The van der Waals surface area contributed by atoms with E-state index < -0.39 is 0 Å². The summed E-state index contributed by atoms with van der Waals surface area (Å²) in [6.07, 6.45) is 0.769. The Kier molecular flexibility index (Phi) is 6.07. The third-order valence-electron chi connectivity index (χ3n) is 6.17. The van der Waals surface area contributed by atoms with E-state index in [1.54, 1.807) is 42.5 Å². The van der Waals surface area contributed by atoms with Gasteiger partial charge in [0.1, 0.15) is 5.75 Å². The summed E-state index contributed by atoms with van der Waals surface area (Å²) in [4.78, 5) is 25.6. The Morgan fingerprint density at radius 2 is 1.76 bits per heavy atom. The van der Waals surface area contributed by atoms with Crippen molar-refractivity contribution in [3.05, 3.63) is 112 Å². The van der Waals surface area contributed by atoms with Crippen molar-refractivity contribution in [2.75, 3.05) is 11.9 Å². The fourth-order valence-corrected chi connectivity index (χ4v) is 4.23. The van der Waals surface area contributed by atoms with Gasteiger partial charge in [-0.1, -0.05) is 48.5 Å². The Balaban J connectivity index is 1.13. The van der Waals surface area contributed by atoms with Gasteiger partial charge in [-0.15, -0.1) is 5.10 Å². The molecule has 1 amide bonds. The molecule has 2 heterocycles. The summed E-state index contributed by atoms with van der Waals surface area (Å²) in [6, 6.07) is 27.8. The Morgan fingerprint density at radius 3 is 2.58 bits per heavy atom. The molecule has 0 atom stereocenters. The van der Waals surface area contributed by atoms with Crippen LogP contribution in [0.3, 0.4) is 0 Å². The Labute approximate surface area is 216 Å². The topological polar surface area (TPSA) is 123 Å². The number of carbonyl (C=O) groups is 1. The molecule has 9 heteroatoms. The van der Waals surface area contributed by atoms with Gasteiger partial charge in [-0.25, -0.2) is 5.10 Å². The number of para-hydroxylation sites is 1. The number of ether oxygens (including phenoxy) is 1. The lowest BCUT2D eigenvalue weighted by Crippen LogP contribution is -2.13. The Bertz CT molecular complexity index is 1810. The molecule has 38 heavy (non-hydrogen) atoms. The van der Waals surface area contributed by atoms with Gasteiger partial charge in [-0.3, -0.25) is 9.59 Å². The molecule has 0 saturated heterocycles. The largest absolute Gasteiger partial charge is 0.493 e. The van der Waals surface area contributed by atoms with Crippen LogP contribution in [0.15, 0.2) is 100 Å². The van der Waals surface area contributed by atoms with Crippen molar-refractivity contribution in [3.8, 4) is 17.3 Å². The molecule has 0 radical (unpaired) electrons. The molecule has 0 aliphatic rings. The molecule has 6 aromatic rings. The van der Waals surface area contributed by atoms with Crippen LogP contribution in [0.5, 0.6) is 5.75 Å². The number of fused-ring (bicyclic) bond motifs is 2. The highest BCUT2D eigenvalue weighted by molar-refractivity contribution is 6.08. The zero-order valence-corrected chi connectivity index (χ0v) is 20.0. The van der Waals surface area contributed by atoms with Crippen molar-refractivity contribution in [1.82, 2.24) is 20.6 Å². The average molecular weight is 504 g/mol. The standard InChI is InChI=1S/C29H21N5O4/c35-25-17-26(28-31-33-34-32-28)38-27-23(25)6-3-7-24(27)30-29(36)20-10-12-22(13-11-20)37-15-14-18-8-9-19-4-1-2-5-21(19)16-18/h1-13,16-17H,14-15H2,(H,30,36)(H,31,32,33,34). The van der Waals surface area contributed by atoms with E-state index in [0.29, 0.717) is 29.0 Å². The van der Waals surface area contributed by atoms with E-state index in [0.717, 1.165) is 6.42 Å². The zero-order valence-electron chi connectivity index (χ0n) is 20.0. The Hall–Kier alpha value is -5.31. The van der Waals surface area contributed by atoms with Crippen LogP contribution < -0.4 is 15.5 Å². The van der Waals surface area contributed by atoms with Crippen LogP contribution >= 0.6 is 0 Å². The van der Waals surface area contributed by atoms with E-state index in [-0.39, 0.29) is 28.5 Å². The van der Waals surface area contributed by atoms with Crippen molar-refractivity contribution in [2.45, 2.75) is 6.42 Å². The number of aromatic amines is 1. The van der Waals surface area contributed by atoms with E-state index in [1.807, 2.05) is 12.1 Å². The lowest BCUT2D eigenvalue weighted by atomic mass is 10.1. The van der Waals surface area contributed by atoms with Crippen molar-refractivity contribution in [3.63, 3.8) is 0 Å². The number of aromatic nitrogens is 4. The molecule has 4 aromatic carbocycles. The van der Waals surface area contributed by atoms with Crippen molar-refractivity contribution in [2.24, 2.45) is 0 Å². The summed E-state index contributed by atoms with van der Waals surface area (Å²) in [5, 5.41) is 18.9. The first-order valence-electron chi connectivity index (χ1n) is 12.0. The number of hydrogen-bond donors (Lipinski definition) is 2. The van der Waals surface area contributed by atoms with Crippen molar-refractivity contribution >= 4 is 33.3 Å². The third kappa shape index (κ3) is 4.72. The average Bonchev–Trinajstić information content (AvgIpc) is 3.49. The lowest BCUT2D eigenvalue weighted by molar-refractivity contribution is 0.102. The molecule has 2 aromatic heterocycles. The van der Waals surface area contributed by atoms with E-state index in [9.17, 15) is 9.59 Å². The fraction of sp³-hybridized carbons (Fsp3) is 0.0690. The molecule has 0 saturated carbocycles. The molecule has 0 spiro atoms. The third-order valence-corrected chi connectivity index (χ3v) is 6.17. The van der Waals surface area contributed by atoms with E-state index >= 15 is 0 Å². The summed E-state index contributed by atoms with van der Waals surface area (Å²) < 4.78 is 11.8. The molecule has 186 valence electrons. The predicted molar refractivity (Wildman–Crippen MR) is 143 cm³/mol. The molecule has 0 aliphatic heterocycles. The van der Waals surface area contributed by atoms with Gasteiger partial charge in [-0.2, -0.15) is 0 Å². The minimum atomic E-state index is -0.352. The first-order valence-corrected chi connectivity index (χ1v) is 12.0. The van der Waals surface area contributed by atoms with Crippen LogP contribution in [0.2, 0.25) is 0 Å². The minimum Gasteiger partial charge on any atom is -0.493 e. The number of benzene rings is 4. The van der Waals surface area contributed by atoms with Gasteiger partial charge in [-0.05, 0) is 63.2 Å². The molecular formula is C29H21N5O4. The van der Waals surface area contributed by atoms with Gasteiger partial charge in [0.15, 0.2) is 16.8 Å². The maximum atomic E-state index is 13.0. The number of rotatable bonds is 7. The van der Waals surface area contributed by atoms with Gasteiger partial charge in [0.25, 0.3) is 5.91 Å². The van der Waals surface area contributed by atoms with Gasteiger partial charge < -0.3 is 14.5 Å². The number of nitrogens with one attached hydrogen (secondary N) is 2. The number of nitrogens with zero attached hydrogens (tertiary/aromatic N) is 3. The molecule has 0 unspecified atom stereocenters. The summed E-state index contributed by atoms with van der Waals surface area (Å²) in [5.41, 5.74) is 1.94. The normalized spacial score (nSPS) is 11.1. The molecule has 6 rings (SSSR count). The second kappa shape index (κ2) is 9.98. The molecular weight excluding hydrogens is 482 g/mol. The van der Waals surface area contributed by atoms with Crippen LogP contribution in [0.1, 0.15) is 15.9 Å². The SMILES string of the molecule is O=C(Nc1cccc2c(=O)cc(-c3nnn[nH]3)oc12)c1ccc(OCCc2ccc3ccccc3c2)cc1. The summed E-state index contributed by atoms with van der Waals surface area (Å²) in [7, 11) is 0. The monoisotopic (exact) mass is 503 g/mol. The van der Waals surface area contributed by atoms with Crippen LogP contribution in [-0.2, 0) is 6.42 Å². The summed E-state index contributed by atoms with van der Waals surface area (Å²) >= 11 is 0. The van der Waals surface area contributed by atoms with Crippen molar-refractivity contribution < 1.29 is 13.9 Å². The molecule has 2 N–H and O–H groups in total. The number of hydrogen-bond acceptors (Lipinski definition) is 7. The summed E-state index contributed by atoms with van der Waals surface area (Å²) in [5.74, 6) is 0.694. The number of amides is 1. The molecule has 0 fully saturated rings. The van der Waals surface area contributed by atoms with E-state index in [2.05, 4.69) is 56.3 Å². The van der Waals surface area contributed by atoms with Crippen LogP contribution in [-0.4, -0.2) is 33.1 Å². The van der Waals surface area contributed by atoms with Crippen LogP contribution in [0, 0.1) is 0 Å². The number of anilines is 1. The number of H-pyrrole nitrogens is 1. The molecule has 9 nitrogen and oxygen atoms in total. The highest BCUT2D eigenvalue weighted by Crippen LogP contribution is 2.26. The minimum absolute atomic E-state index is 0.166. The second-order valence-corrected chi connectivity index (χ2v) is 8.67. The van der Waals surface area contributed by atoms with Gasteiger partial charge in [0.05, 0.1) is 17.7 Å². The maximum Gasteiger partial charge on any atom is 0.255 e. The first kappa shape index (κ1) is 23.1. The smallest absolute Gasteiger partial charge is 0.255 e. The zero-order chi connectivity index (χ0) is 25.9. The van der Waals surface area contributed by atoms with Gasteiger partial charge in [0, 0.05) is 18.1 Å². The quantitative estimate of drug-likeness (QED) is 0.314. The van der Waals surface area contributed by atoms with Crippen LogP contribution in [0.4, 0.5) is 5.69 Å². The number of carbonyl (C=O) groups excluding carboxylic acids is 1. The summed E-state index contributed by atoms with van der Waals surface area (Å²) in [6.45, 7) is 0.516. The highest BCUT2D eigenvalue weighted by atomic mass is 16.5. The fourth-order valence-electron chi connectivity index (χ4n) is 4.23. The Morgan fingerprint density at radius 1 is 0.921 bits per heavy atom. The lowest BCUT2D eigenvalue weighted by Gasteiger charge is -2.10. The second-order valence-electron chi connectivity index (χ2n) is 8.67. The van der Waals surface area contributed by atoms with Crippen molar-refractivity contribution in [1.29, 1.82) is 0 Å². The van der Waals surface area contributed by atoms with Gasteiger partial charge in [0.2, 0.25) is 5.82 Å². The van der Waals surface area contributed by atoms with Gasteiger partial charge >= 0.3 is 0 Å². The van der Waals surface area contributed by atoms with Crippen LogP contribution in [0.25, 0.3) is 33.3 Å². The maximum absolute atomic E-state index is 13.0. The van der Waals surface area contributed by atoms with E-state index in [1.165, 1.54) is 22.4 Å².